The summed E-state index contributed by atoms with van der Waals surface area (Å²) in [7, 11) is 0. The first-order valence-electron chi connectivity index (χ1n) is 30.1. The van der Waals surface area contributed by atoms with Crippen LogP contribution in [-0.4, -0.2) is 433 Å². The van der Waals surface area contributed by atoms with Crippen molar-refractivity contribution in [3.8, 4) is 0 Å². The van der Waals surface area contributed by atoms with Crippen molar-refractivity contribution >= 4 is 11.8 Å². The zero-order valence-corrected chi connectivity index (χ0v) is 50.4. The fourth-order valence-corrected chi connectivity index (χ4v) is 12.1. The van der Waals surface area contributed by atoms with Gasteiger partial charge >= 0.3 is 0 Å². The third-order valence-corrected chi connectivity index (χ3v) is 17.4. The molecule has 0 spiro atoms. The van der Waals surface area contributed by atoms with Crippen molar-refractivity contribution in [3.05, 3.63) is 0 Å². The highest BCUT2D eigenvalue weighted by Gasteiger charge is 2.59. The zero-order chi connectivity index (χ0) is 69.9. The molecule has 0 aromatic heterocycles. The van der Waals surface area contributed by atoms with Crippen LogP contribution in [-0.2, 0) is 80.6 Å². The van der Waals surface area contributed by atoms with E-state index in [1.165, 1.54) is 0 Å². The molecule has 40 unspecified atom stereocenters. The Morgan fingerprint density at radius 1 is 0.274 bits per heavy atom. The molecule has 43 heteroatoms. The van der Waals surface area contributed by atoms with Gasteiger partial charge < -0.3 is 204 Å². The topological polar surface area (TPSA) is 682 Å². The summed E-state index contributed by atoms with van der Waals surface area (Å²) < 4.78 is 86.6. The fourth-order valence-electron chi connectivity index (χ4n) is 12.1. The van der Waals surface area contributed by atoms with Crippen LogP contribution in [0.25, 0.3) is 0 Å². The van der Waals surface area contributed by atoms with E-state index in [1.54, 1.807) is 0 Å². The quantitative estimate of drug-likeness (QED) is 0.0427. The van der Waals surface area contributed by atoms with Crippen LogP contribution in [0.2, 0.25) is 0 Å². The maximum absolute atomic E-state index is 12.8. The summed E-state index contributed by atoms with van der Waals surface area (Å²) in [6, 6.07) is -3.49. The van der Waals surface area contributed by atoms with Gasteiger partial charge in [0.1, 0.15) is 195 Å². The molecule has 0 aromatic carbocycles. The second-order valence-corrected chi connectivity index (χ2v) is 23.9. The van der Waals surface area contributed by atoms with Gasteiger partial charge in [0.25, 0.3) is 0 Å². The van der Waals surface area contributed by atoms with Gasteiger partial charge in [0, 0.05) is 13.8 Å². The highest BCUT2D eigenvalue weighted by Crippen LogP contribution is 2.38. The van der Waals surface area contributed by atoms with Crippen LogP contribution < -0.4 is 10.6 Å². The molecule has 8 fully saturated rings. The standard InChI is InChI=1S/C52H88N2O41/c1-11(61)53-21-29(69)40(17(7-59)83-45(21)80)91-46-22(54-12(2)62)30(70)41(18(8-60)88-46)92-51-39(79)43(94-52-44(34(74)26(66)16(6-58)87-52)95-50-37(77)33(73)25(65)15(5-57)86-50)28(68)20(90-51)10-82-48-38(78)42(93-49-36(76)32(72)24(64)14(4-56)85-49)27(67)19(89-48)9-81-47-35(75)31(71)23(63)13(3-55)84-47/h13-52,55-60,63-80H,3-10H2,1-2H3,(H,53,61)(H,54,62). The minimum absolute atomic E-state index is 0.766. The van der Waals surface area contributed by atoms with E-state index in [0.29, 0.717) is 0 Å². The van der Waals surface area contributed by atoms with Crippen molar-refractivity contribution in [2.24, 2.45) is 0 Å². The van der Waals surface area contributed by atoms with Crippen LogP contribution in [0.3, 0.4) is 0 Å². The van der Waals surface area contributed by atoms with Gasteiger partial charge in [-0.25, -0.2) is 0 Å². The lowest BCUT2D eigenvalue weighted by Gasteiger charge is -2.50. The van der Waals surface area contributed by atoms with Crippen LogP contribution in [0.4, 0.5) is 0 Å². The maximum Gasteiger partial charge on any atom is 0.217 e. The van der Waals surface area contributed by atoms with E-state index in [2.05, 4.69) is 10.6 Å². The highest BCUT2D eigenvalue weighted by molar-refractivity contribution is 5.73. The lowest BCUT2D eigenvalue weighted by atomic mass is 9.94. The normalized spacial score (nSPS) is 50.8. The number of hydrogen-bond donors (Lipinski definition) is 26. The highest BCUT2D eigenvalue weighted by atomic mass is 16.8. The molecule has 0 aromatic rings. The molecule has 8 heterocycles. The zero-order valence-electron chi connectivity index (χ0n) is 50.4. The van der Waals surface area contributed by atoms with Crippen molar-refractivity contribution in [1.82, 2.24) is 10.6 Å². The Labute approximate surface area is 536 Å². The first-order chi connectivity index (χ1) is 44.9. The van der Waals surface area contributed by atoms with Gasteiger partial charge in [-0.05, 0) is 0 Å². The number of carbonyl (C=O) groups is 2. The molecule has 8 aliphatic heterocycles. The fraction of sp³-hybridized carbons (Fsp3) is 0.962. The Balaban J connectivity index is 1.12. The molecule has 26 N–H and O–H groups in total. The number of ether oxygens (including phenoxy) is 15. The molecule has 0 saturated carbocycles. The molecule has 40 atom stereocenters. The molecule has 8 saturated heterocycles. The Kier molecular flexibility index (Phi) is 27.9. The lowest BCUT2D eigenvalue weighted by molar-refractivity contribution is -0.399. The predicted molar refractivity (Wildman–Crippen MR) is 288 cm³/mol. The first-order valence-corrected chi connectivity index (χ1v) is 30.1. The maximum atomic E-state index is 12.8. The van der Waals surface area contributed by atoms with E-state index in [0.717, 1.165) is 13.8 Å². The molecule has 0 aliphatic carbocycles. The number of aliphatic hydroxyl groups excluding tert-OH is 24. The Morgan fingerprint density at radius 2 is 0.568 bits per heavy atom. The van der Waals surface area contributed by atoms with Crippen LogP contribution in [0, 0.1) is 0 Å². The third-order valence-electron chi connectivity index (χ3n) is 17.4. The number of rotatable bonds is 24. The minimum atomic E-state index is -2.49. The van der Waals surface area contributed by atoms with Gasteiger partial charge in [0.15, 0.2) is 50.3 Å². The van der Waals surface area contributed by atoms with Crippen molar-refractivity contribution in [3.63, 3.8) is 0 Å². The molecular weight excluding hydrogens is 1310 g/mol. The van der Waals surface area contributed by atoms with Gasteiger partial charge in [-0.2, -0.15) is 0 Å². The summed E-state index contributed by atoms with van der Waals surface area (Å²) >= 11 is 0. The largest absolute Gasteiger partial charge is 0.394 e. The summed E-state index contributed by atoms with van der Waals surface area (Å²) in [6.45, 7) is -6.26. The number of aliphatic hydroxyl groups is 24. The number of amides is 2. The van der Waals surface area contributed by atoms with Gasteiger partial charge in [-0.3, -0.25) is 9.59 Å². The lowest BCUT2D eigenvalue weighted by Crippen LogP contribution is -2.70. The third kappa shape index (κ3) is 17.0. The average molecular weight is 1400 g/mol. The summed E-state index contributed by atoms with van der Waals surface area (Å²) in [5.74, 6) is -1.68. The minimum Gasteiger partial charge on any atom is -0.394 e. The van der Waals surface area contributed by atoms with Gasteiger partial charge in [0.2, 0.25) is 11.8 Å². The van der Waals surface area contributed by atoms with Crippen LogP contribution in [0.5, 0.6) is 0 Å². The van der Waals surface area contributed by atoms with Crippen molar-refractivity contribution in [2.75, 3.05) is 52.9 Å². The van der Waals surface area contributed by atoms with E-state index in [9.17, 15) is 132 Å². The molecule has 8 aliphatic rings. The van der Waals surface area contributed by atoms with Crippen molar-refractivity contribution in [2.45, 2.75) is 259 Å². The molecule has 0 radical (unpaired) electrons. The molecule has 2 amide bonds. The van der Waals surface area contributed by atoms with E-state index < -0.39 is 310 Å². The summed E-state index contributed by atoms with van der Waals surface area (Å²) in [5, 5.41) is 266. The summed E-state index contributed by atoms with van der Waals surface area (Å²) in [5.41, 5.74) is 0. The summed E-state index contributed by atoms with van der Waals surface area (Å²) in [6.07, 6.45) is -77.9. The SMILES string of the molecule is CC(=O)NC1C(O)OC(CO)C(OC2OC(CO)C(OC3OC(COC4OC(COC5OC(CO)C(O)C(O)C5O)C(O)C(OC5OC(CO)C(O)C(O)C5O)C4O)C(O)C(OC4OC(CO)C(O)C(O)C4OC4OC(CO)C(O)C(O)C4O)C3O)C(O)C2NC(C)=O)C1O. The van der Waals surface area contributed by atoms with Crippen LogP contribution in [0.1, 0.15) is 13.8 Å². The second-order valence-electron chi connectivity index (χ2n) is 23.9. The second kappa shape index (κ2) is 33.9. The number of hydrogen-bond acceptors (Lipinski definition) is 41. The number of carbonyl (C=O) groups excluding carboxylic acids is 2. The molecule has 8 rings (SSSR count). The molecular formula is C52H88N2O41. The van der Waals surface area contributed by atoms with Gasteiger partial charge in [0.05, 0.1) is 52.9 Å². The molecule has 552 valence electrons. The monoisotopic (exact) mass is 1400 g/mol. The first kappa shape index (κ1) is 78.1. The Bertz CT molecular complexity index is 2380. The van der Waals surface area contributed by atoms with E-state index in [-0.39, 0.29) is 0 Å². The van der Waals surface area contributed by atoms with Crippen molar-refractivity contribution < 1.29 is 203 Å². The van der Waals surface area contributed by atoms with Gasteiger partial charge in [-0.15, -0.1) is 0 Å². The Morgan fingerprint density at radius 3 is 1.02 bits per heavy atom. The smallest absolute Gasteiger partial charge is 0.217 e. The van der Waals surface area contributed by atoms with E-state index in [1.807, 2.05) is 0 Å². The molecule has 43 nitrogen and oxygen atoms in total. The van der Waals surface area contributed by atoms with Crippen LogP contribution in [0.15, 0.2) is 0 Å². The molecule has 95 heavy (non-hydrogen) atoms. The van der Waals surface area contributed by atoms with Crippen molar-refractivity contribution in [1.29, 1.82) is 0 Å². The molecule has 0 bridgehead atoms. The average Bonchev–Trinajstić information content (AvgIpc) is 0.778. The van der Waals surface area contributed by atoms with Gasteiger partial charge in [-0.1, -0.05) is 0 Å². The van der Waals surface area contributed by atoms with E-state index >= 15 is 0 Å². The van der Waals surface area contributed by atoms with E-state index in [4.69, 9.17) is 71.1 Å². The summed E-state index contributed by atoms with van der Waals surface area (Å²) in [4.78, 5) is 24.9. The van der Waals surface area contributed by atoms with Crippen LogP contribution >= 0.6 is 0 Å². The predicted octanol–water partition coefficient (Wildman–Crippen LogP) is -18.2. The Hall–Kier alpha value is -2.62. The number of nitrogens with one attached hydrogen (secondary N) is 2.